The first-order valence-corrected chi connectivity index (χ1v) is 10.2. The average molecular weight is 398 g/mol. The van der Waals surface area contributed by atoms with Crippen molar-refractivity contribution in [1.82, 2.24) is 0 Å². The summed E-state index contributed by atoms with van der Waals surface area (Å²) < 4.78 is 10.6. The van der Waals surface area contributed by atoms with Crippen molar-refractivity contribution in [3.63, 3.8) is 0 Å². The molecule has 0 saturated carbocycles. The van der Waals surface area contributed by atoms with E-state index in [9.17, 15) is 4.79 Å². The minimum Gasteiger partial charge on any atom is -0.497 e. The lowest BCUT2D eigenvalue weighted by molar-refractivity contribution is -0.115. The predicted molar refractivity (Wildman–Crippen MR) is 118 cm³/mol. The Morgan fingerprint density at radius 3 is 2.45 bits per heavy atom. The van der Waals surface area contributed by atoms with Crippen molar-refractivity contribution in [3.8, 4) is 11.5 Å². The molecule has 0 unspecified atom stereocenters. The zero-order chi connectivity index (χ0) is 20.6. The minimum absolute atomic E-state index is 0.0236. The zero-order valence-corrected chi connectivity index (χ0v) is 17.5. The lowest BCUT2D eigenvalue weighted by Crippen LogP contribution is -2.32. The monoisotopic (exact) mass is 397 g/mol. The van der Waals surface area contributed by atoms with E-state index in [1.165, 1.54) is 18.5 Å². The summed E-state index contributed by atoms with van der Waals surface area (Å²) in [5.74, 6) is 2.21. The standard InChI is InChI=1S/C23H31N3O3/c1-17-11-14-26(15-12-17)19-6-4-18(5-7-19)25-23(27)10-13-24-21-9-8-20(28-2)16-22(21)29-3/h4-9,16-17,24H,10-15H2,1-3H3,(H,25,27). The summed E-state index contributed by atoms with van der Waals surface area (Å²) in [6.07, 6.45) is 2.84. The molecule has 0 bridgehead atoms. The Hall–Kier alpha value is -2.89. The van der Waals surface area contributed by atoms with Crippen molar-refractivity contribution >= 4 is 23.0 Å². The summed E-state index contributed by atoms with van der Waals surface area (Å²) in [4.78, 5) is 14.7. The van der Waals surface area contributed by atoms with Crippen molar-refractivity contribution in [3.05, 3.63) is 42.5 Å². The number of piperidine rings is 1. The van der Waals surface area contributed by atoms with Crippen molar-refractivity contribution in [2.45, 2.75) is 26.2 Å². The molecule has 2 N–H and O–H groups in total. The third-order valence-corrected chi connectivity index (χ3v) is 5.38. The molecule has 0 aromatic heterocycles. The first-order chi connectivity index (χ1) is 14.1. The molecule has 3 rings (SSSR count). The van der Waals surface area contributed by atoms with Crippen LogP contribution in [0.4, 0.5) is 17.1 Å². The number of carbonyl (C=O) groups is 1. The van der Waals surface area contributed by atoms with Crippen LogP contribution in [0.1, 0.15) is 26.2 Å². The van der Waals surface area contributed by atoms with E-state index in [0.717, 1.165) is 36.1 Å². The number of hydrogen-bond donors (Lipinski definition) is 2. The fourth-order valence-electron chi connectivity index (χ4n) is 3.50. The Bertz CT molecular complexity index is 800. The smallest absolute Gasteiger partial charge is 0.226 e. The Balaban J connectivity index is 1.46. The van der Waals surface area contributed by atoms with Crippen LogP contribution in [0.25, 0.3) is 0 Å². The molecular weight excluding hydrogens is 366 g/mol. The van der Waals surface area contributed by atoms with Crippen LogP contribution in [-0.4, -0.2) is 39.8 Å². The van der Waals surface area contributed by atoms with Crippen molar-refractivity contribution in [2.75, 3.05) is 49.4 Å². The number of hydrogen-bond acceptors (Lipinski definition) is 5. The van der Waals surface area contributed by atoms with Crippen molar-refractivity contribution in [1.29, 1.82) is 0 Å². The number of anilines is 3. The van der Waals surface area contributed by atoms with Gasteiger partial charge >= 0.3 is 0 Å². The van der Waals surface area contributed by atoms with Gasteiger partial charge in [-0.15, -0.1) is 0 Å². The molecule has 1 heterocycles. The molecule has 0 radical (unpaired) electrons. The van der Waals surface area contributed by atoms with Crippen LogP contribution in [0.2, 0.25) is 0 Å². The summed E-state index contributed by atoms with van der Waals surface area (Å²) >= 11 is 0. The summed E-state index contributed by atoms with van der Waals surface area (Å²) in [7, 11) is 3.23. The zero-order valence-electron chi connectivity index (χ0n) is 17.5. The van der Waals surface area contributed by atoms with Crippen LogP contribution in [0.5, 0.6) is 11.5 Å². The van der Waals surface area contributed by atoms with Gasteiger partial charge in [0.1, 0.15) is 11.5 Å². The van der Waals surface area contributed by atoms with E-state index in [4.69, 9.17) is 9.47 Å². The van der Waals surface area contributed by atoms with Crippen LogP contribution in [0, 0.1) is 5.92 Å². The third-order valence-electron chi connectivity index (χ3n) is 5.38. The Labute approximate surface area is 173 Å². The summed E-state index contributed by atoms with van der Waals surface area (Å²) in [5.41, 5.74) is 2.88. The molecule has 0 spiro atoms. The minimum atomic E-state index is -0.0236. The molecule has 2 aromatic carbocycles. The van der Waals surface area contributed by atoms with Crippen LogP contribution in [-0.2, 0) is 4.79 Å². The number of carbonyl (C=O) groups excluding carboxylic acids is 1. The number of methoxy groups -OCH3 is 2. The first-order valence-electron chi connectivity index (χ1n) is 10.2. The number of nitrogens with zero attached hydrogens (tertiary/aromatic N) is 1. The SMILES string of the molecule is COc1ccc(NCCC(=O)Nc2ccc(N3CCC(C)CC3)cc2)c(OC)c1. The summed E-state index contributed by atoms with van der Waals surface area (Å²) in [6.45, 7) is 5.04. The van der Waals surface area contributed by atoms with Gasteiger partial charge in [-0.2, -0.15) is 0 Å². The highest BCUT2D eigenvalue weighted by molar-refractivity contribution is 5.91. The topological polar surface area (TPSA) is 62.8 Å². The van der Waals surface area contributed by atoms with E-state index in [-0.39, 0.29) is 5.91 Å². The first kappa shape index (κ1) is 20.8. The van der Waals surface area contributed by atoms with Crippen LogP contribution >= 0.6 is 0 Å². The van der Waals surface area contributed by atoms with Gasteiger partial charge in [0, 0.05) is 43.5 Å². The molecule has 2 aromatic rings. The highest BCUT2D eigenvalue weighted by atomic mass is 16.5. The molecule has 156 valence electrons. The lowest BCUT2D eigenvalue weighted by atomic mass is 9.99. The summed E-state index contributed by atoms with van der Waals surface area (Å²) in [6, 6.07) is 13.7. The Morgan fingerprint density at radius 1 is 1.07 bits per heavy atom. The molecule has 1 fully saturated rings. The maximum Gasteiger partial charge on any atom is 0.226 e. The second kappa shape index (κ2) is 10.0. The highest BCUT2D eigenvalue weighted by Crippen LogP contribution is 2.29. The van der Waals surface area contributed by atoms with Gasteiger partial charge in [-0.05, 0) is 55.2 Å². The maximum absolute atomic E-state index is 12.3. The second-order valence-electron chi connectivity index (χ2n) is 7.51. The van der Waals surface area contributed by atoms with E-state index >= 15 is 0 Å². The van der Waals surface area contributed by atoms with Gasteiger partial charge in [0.05, 0.1) is 19.9 Å². The largest absolute Gasteiger partial charge is 0.497 e. The van der Waals surface area contributed by atoms with Crippen molar-refractivity contribution < 1.29 is 14.3 Å². The fraction of sp³-hybridized carbons (Fsp3) is 0.435. The molecule has 6 heteroatoms. The lowest BCUT2D eigenvalue weighted by Gasteiger charge is -2.32. The van der Waals surface area contributed by atoms with E-state index in [1.807, 2.05) is 30.3 Å². The van der Waals surface area contributed by atoms with Gasteiger partial charge in [-0.3, -0.25) is 4.79 Å². The number of ether oxygens (including phenoxy) is 2. The molecule has 29 heavy (non-hydrogen) atoms. The number of rotatable bonds is 8. The molecular formula is C23H31N3O3. The normalized spacial score (nSPS) is 14.4. The van der Waals surface area contributed by atoms with Gasteiger partial charge in [0.2, 0.25) is 5.91 Å². The maximum atomic E-state index is 12.3. The van der Waals surface area contributed by atoms with E-state index in [1.54, 1.807) is 14.2 Å². The van der Waals surface area contributed by atoms with Gasteiger partial charge in [0.25, 0.3) is 0 Å². The predicted octanol–water partition coefficient (Wildman–Crippen LogP) is 4.38. The van der Waals surface area contributed by atoms with Crippen LogP contribution in [0.15, 0.2) is 42.5 Å². The molecule has 0 atom stereocenters. The molecule has 1 amide bonds. The second-order valence-corrected chi connectivity index (χ2v) is 7.51. The molecule has 1 aliphatic heterocycles. The molecule has 0 aliphatic carbocycles. The van der Waals surface area contributed by atoms with Gasteiger partial charge in [-0.1, -0.05) is 6.92 Å². The molecule has 6 nitrogen and oxygen atoms in total. The molecule has 1 aliphatic rings. The van der Waals surface area contributed by atoms with Gasteiger partial charge in [-0.25, -0.2) is 0 Å². The van der Waals surface area contributed by atoms with Gasteiger partial charge in [0.15, 0.2) is 0 Å². The van der Waals surface area contributed by atoms with Gasteiger partial charge < -0.3 is 25.0 Å². The number of nitrogens with one attached hydrogen (secondary N) is 2. The van der Waals surface area contributed by atoms with Crippen LogP contribution < -0.4 is 25.0 Å². The Kier molecular flexibility index (Phi) is 7.22. The highest BCUT2D eigenvalue weighted by Gasteiger charge is 2.16. The van der Waals surface area contributed by atoms with E-state index < -0.39 is 0 Å². The van der Waals surface area contributed by atoms with E-state index in [0.29, 0.717) is 18.7 Å². The third kappa shape index (κ3) is 5.79. The van der Waals surface area contributed by atoms with Crippen LogP contribution in [0.3, 0.4) is 0 Å². The summed E-state index contributed by atoms with van der Waals surface area (Å²) in [5, 5.41) is 6.20. The number of amides is 1. The Morgan fingerprint density at radius 2 is 1.79 bits per heavy atom. The van der Waals surface area contributed by atoms with Crippen molar-refractivity contribution in [2.24, 2.45) is 5.92 Å². The quantitative estimate of drug-likeness (QED) is 0.692. The van der Waals surface area contributed by atoms with E-state index in [2.05, 4.69) is 34.6 Å². The number of benzene rings is 2. The molecule has 1 saturated heterocycles. The fourth-order valence-corrected chi connectivity index (χ4v) is 3.50. The average Bonchev–Trinajstić information content (AvgIpc) is 2.75.